The number of methoxy groups -OCH3 is 1. The predicted molar refractivity (Wildman–Crippen MR) is 150 cm³/mol. The highest BCUT2D eigenvalue weighted by Gasteiger charge is 2.21. The standard InChI is InChI=1S/C25H26ClN5O4S2/c1-14-18-9-15(11-20(35-17-7-8-34-13-17)23(18)30-25(27-2)29-14)16-10-19(24(33-3)28-12-16)31-37(4,32)22-6-5-21(26)36-22/h5-6,9-12,17H,4,7-8,13H2,1-3H3,(H,31,32)(H,27,29,30)/t17-,37?/m1/s1. The van der Waals surface area contributed by atoms with Gasteiger partial charge in [0.15, 0.2) is 0 Å². The number of pyridine rings is 1. The average molecular weight is 560 g/mol. The third kappa shape index (κ3) is 5.30. The summed E-state index contributed by atoms with van der Waals surface area (Å²) in [6.07, 6.45) is 2.43. The fourth-order valence-corrected chi connectivity index (χ4v) is 6.79. The van der Waals surface area contributed by atoms with Crippen LogP contribution in [0.1, 0.15) is 12.1 Å². The van der Waals surface area contributed by atoms with Crippen LogP contribution in [0.25, 0.3) is 22.0 Å². The molecule has 0 amide bonds. The molecule has 9 nitrogen and oxygen atoms in total. The summed E-state index contributed by atoms with van der Waals surface area (Å²) in [4.78, 5) is 13.7. The lowest BCUT2D eigenvalue weighted by molar-refractivity contribution is 0.142. The number of thiophene rings is 1. The third-order valence-corrected chi connectivity index (χ3v) is 9.31. The summed E-state index contributed by atoms with van der Waals surface area (Å²) in [5.41, 5.74) is 3.55. The highest BCUT2D eigenvalue weighted by molar-refractivity contribution is 8.03. The number of nitrogens with zero attached hydrogens (tertiary/aromatic N) is 3. The van der Waals surface area contributed by atoms with Gasteiger partial charge in [0.05, 0.1) is 40.1 Å². The van der Waals surface area contributed by atoms with E-state index in [1.165, 1.54) is 18.4 Å². The first-order valence-electron chi connectivity index (χ1n) is 11.5. The van der Waals surface area contributed by atoms with Gasteiger partial charge in [-0.1, -0.05) is 11.6 Å². The molecule has 1 aromatic carbocycles. The molecule has 5 rings (SSSR count). The monoisotopic (exact) mass is 559 g/mol. The van der Waals surface area contributed by atoms with Gasteiger partial charge in [-0.05, 0) is 48.7 Å². The number of benzene rings is 1. The number of ether oxygens (including phenoxy) is 3. The summed E-state index contributed by atoms with van der Waals surface area (Å²) in [6, 6.07) is 9.14. The highest BCUT2D eigenvalue weighted by atomic mass is 35.5. The van der Waals surface area contributed by atoms with Crippen LogP contribution in [-0.2, 0) is 14.4 Å². The van der Waals surface area contributed by atoms with Gasteiger partial charge in [0, 0.05) is 30.6 Å². The zero-order valence-corrected chi connectivity index (χ0v) is 22.9. The molecule has 0 saturated carbocycles. The Balaban J connectivity index is 1.60. The molecule has 12 heteroatoms. The van der Waals surface area contributed by atoms with Crippen LogP contribution in [0.5, 0.6) is 11.6 Å². The Kier molecular flexibility index (Phi) is 7.13. The molecule has 1 unspecified atom stereocenters. The van der Waals surface area contributed by atoms with Gasteiger partial charge in [-0.3, -0.25) is 0 Å². The summed E-state index contributed by atoms with van der Waals surface area (Å²) in [5, 5.41) is 3.86. The molecule has 0 spiro atoms. The van der Waals surface area contributed by atoms with Crippen LogP contribution in [0.15, 0.2) is 40.7 Å². The summed E-state index contributed by atoms with van der Waals surface area (Å²) >= 11 is 7.26. The first-order chi connectivity index (χ1) is 17.8. The first-order valence-corrected chi connectivity index (χ1v) is 14.4. The Labute approximate surface area is 224 Å². The summed E-state index contributed by atoms with van der Waals surface area (Å²) < 4.78 is 34.8. The van der Waals surface area contributed by atoms with E-state index < -0.39 is 9.71 Å². The fourth-order valence-electron chi connectivity index (χ4n) is 4.05. The molecule has 0 bridgehead atoms. The van der Waals surface area contributed by atoms with Gasteiger partial charge in [0.2, 0.25) is 11.8 Å². The Morgan fingerprint density at radius 3 is 2.76 bits per heavy atom. The van der Waals surface area contributed by atoms with Crippen molar-refractivity contribution in [1.82, 2.24) is 15.0 Å². The van der Waals surface area contributed by atoms with E-state index in [1.54, 1.807) is 25.4 Å². The number of hydrogen-bond acceptors (Lipinski definition) is 9. The lowest BCUT2D eigenvalue weighted by Crippen LogP contribution is -2.16. The van der Waals surface area contributed by atoms with Crippen molar-refractivity contribution < 1.29 is 18.4 Å². The topological polar surface area (TPSA) is 107 Å². The van der Waals surface area contributed by atoms with Crippen molar-refractivity contribution in [3.8, 4) is 22.8 Å². The summed E-state index contributed by atoms with van der Waals surface area (Å²) in [6.45, 7) is 3.12. The average Bonchev–Trinajstić information content (AvgIpc) is 3.56. The predicted octanol–water partition coefficient (Wildman–Crippen LogP) is 5.04. The number of halogens is 1. The van der Waals surface area contributed by atoms with Gasteiger partial charge >= 0.3 is 0 Å². The maximum Gasteiger partial charge on any atom is 0.238 e. The minimum atomic E-state index is -2.90. The number of hydrogen-bond donors (Lipinski definition) is 2. The molecule has 4 heterocycles. The second-order valence-corrected chi connectivity index (χ2v) is 12.4. The van der Waals surface area contributed by atoms with Crippen LogP contribution in [0, 0.1) is 6.92 Å². The molecule has 1 aliphatic rings. The number of nitrogens with one attached hydrogen (secondary N) is 2. The third-order valence-electron chi connectivity index (χ3n) is 5.89. The van der Waals surface area contributed by atoms with E-state index in [0.717, 1.165) is 28.6 Å². The van der Waals surface area contributed by atoms with E-state index in [2.05, 4.69) is 30.9 Å². The van der Waals surface area contributed by atoms with Gasteiger partial charge in [-0.25, -0.2) is 19.2 Å². The van der Waals surface area contributed by atoms with Gasteiger partial charge in [0.25, 0.3) is 0 Å². The van der Waals surface area contributed by atoms with Crippen LogP contribution < -0.4 is 19.5 Å². The van der Waals surface area contributed by atoms with Crippen molar-refractivity contribution >= 4 is 61.1 Å². The van der Waals surface area contributed by atoms with E-state index in [9.17, 15) is 4.21 Å². The lowest BCUT2D eigenvalue weighted by atomic mass is 10.0. The van der Waals surface area contributed by atoms with Crippen LogP contribution in [0.3, 0.4) is 0 Å². The smallest absolute Gasteiger partial charge is 0.238 e. The number of aryl methyl sites for hydroxylation is 1. The summed E-state index contributed by atoms with van der Waals surface area (Å²) in [5.74, 6) is 5.34. The minimum absolute atomic E-state index is 0.0635. The molecule has 4 aromatic rings. The van der Waals surface area contributed by atoms with Crippen molar-refractivity contribution in [2.24, 2.45) is 0 Å². The number of rotatable bonds is 8. The van der Waals surface area contributed by atoms with Crippen molar-refractivity contribution in [2.45, 2.75) is 23.7 Å². The molecule has 2 N–H and O–H groups in total. The van der Waals surface area contributed by atoms with E-state index >= 15 is 0 Å². The summed E-state index contributed by atoms with van der Waals surface area (Å²) in [7, 11) is 0.388. The molecule has 2 atom stereocenters. The van der Waals surface area contributed by atoms with Crippen LogP contribution >= 0.6 is 22.9 Å². The molecular formula is C25H26ClN5O4S2. The Morgan fingerprint density at radius 1 is 1.24 bits per heavy atom. The second-order valence-electron chi connectivity index (χ2n) is 8.47. The van der Waals surface area contributed by atoms with Crippen molar-refractivity contribution in [2.75, 3.05) is 37.4 Å². The van der Waals surface area contributed by atoms with Gasteiger partial charge in [-0.15, -0.1) is 11.3 Å². The van der Waals surface area contributed by atoms with Crippen molar-refractivity contribution in [3.05, 3.63) is 46.6 Å². The minimum Gasteiger partial charge on any atom is -0.486 e. The first kappa shape index (κ1) is 25.5. The van der Waals surface area contributed by atoms with Crippen LogP contribution in [-0.4, -0.2) is 58.5 Å². The SMILES string of the molecule is C=S(=O)(Nc1cc(-c2cc(O[C@@H]3CCOC3)c3nc(NC)nc(C)c3c2)cnc1OC)c1ccc(Cl)s1. The zero-order chi connectivity index (χ0) is 26.2. The Hall–Kier alpha value is -3.12. The molecule has 3 aromatic heterocycles. The molecule has 1 aliphatic heterocycles. The number of aromatic nitrogens is 3. The van der Waals surface area contributed by atoms with E-state index in [0.29, 0.717) is 50.5 Å². The lowest BCUT2D eigenvalue weighted by Gasteiger charge is -2.18. The molecular weight excluding hydrogens is 534 g/mol. The van der Waals surface area contributed by atoms with Gasteiger partial charge < -0.3 is 24.2 Å². The quantitative estimate of drug-likeness (QED) is 0.289. The van der Waals surface area contributed by atoms with E-state index in [-0.39, 0.29) is 6.10 Å². The molecule has 194 valence electrons. The molecule has 0 aliphatic carbocycles. The highest BCUT2D eigenvalue weighted by Crippen LogP contribution is 2.37. The van der Waals surface area contributed by atoms with E-state index in [1.807, 2.05) is 25.1 Å². The van der Waals surface area contributed by atoms with Crippen LogP contribution in [0.4, 0.5) is 11.6 Å². The Morgan fingerprint density at radius 2 is 2.08 bits per heavy atom. The molecule has 0 radical (unpaired) electrons. The van der Waals surface area contributed by atoms with Crippen molar-refractivity contribution in [3.63, 3.8) is 0 Å². The zero-order valence-electron chi connectivity index (χ0n) is 20.5. The maximum atomic E-state index is 13.4. The van der Waals surface area contributed by atoms with E-state index in [4.69, 9.17) is 25.8 Å². The van der Waals surface area contributed by atoms with Crippen LogP contribution in [0.2, 0.25) is 4.34 Å². The molecule has 1 fully saturated rings. The van der Waals surface area contributed by atoms with Gasteiger partial charge in [-0.2, -0.15) is 0 Å². The normalized spacial score (nSPS) is 16.9. The molecule has 37 heavy (non-hydrogen) atoms. The number of anilines is 2. The largest absolute Gasteiger partial charge is 0.486 e. The van der Waals surface area contributed by atoms with Crippen molar-refractivity contribution in [1.29, 1.82) is 0 Å². The Bertz CT molecular complexity index is 1570. The fraction of sp³-hybridized carbons (Fsp3) is 0.280. The van der Waals surface area contributed by atoms with Gasteiger partial charge in [0.1, 0.15) is 27.3 Å². The maximum absolute atomic E-state index is 13.4. The molecule has 1 saturated heterocycles. The second kappa shape index (κ2) is 10.3. The number of fused-ring (bicyclic) bond motifs is 1.